The number of alkyl halides is 8. The number of hydrogen-bond donors (Lipinski definition) is 3. The first-order valence-corrected chi connectivity index (χ1v) is 21.7. The number of nitrogens with zero attached hydrogens (tertiary/aromatic N) is 6. The topological polar surface area (TPSA) is 170 Å². The highest BCUT2D eigenvalue weighted by atomic mass is 35.5. The standard InChI is InChI=1S/C41H29ClF9N9O4S/c1-65(63,64)58-37-31-18(14-42)6-8-28(33(31)55-56-37)60-38(54-27-11-17(5-7-22(27)39(60)62)26-3-2-4-29(53-26)41(49,50)51)24(19-9-20(43)12-21(44)10-19)15-52-30(61)16-59-35-32(34(57-59)36(45)46)23-13-25(23)40(35,47)48/h2-12,23-25,36H,13-16H2,1H3,(H,52,61)(H2,55,56,58)/t23-,24+,25+/m0/s1. The molecule has 2 aliphatic rings. The quantitative estimate of drug-likeness (QED) is 0.0818. The monoisotopic (exact) mass is 949 g/mol. The minimum Gasteiger partial charge on any atom is -0.353 e. The highest BCUT2D eigenvalue weighted by Crippen LogP contribution is 2.68. The number of benzene rings is 3. The second kappa shape index (κ2) is 15.6. The van der Waals surface area contributed by atoms with Crippen LogP contribution in [0.15, 0.2) is 71.5 Å². The van der Waals surface area contributed by atoms with Crippen LogP contribution in [0.5, 0.6) is 0 Å². The Morgan fingerprint density at radius 1 is 1.03 bits per heavy atom. The summed E-state index contributed by atoms with van der Waals surface area (Å²) >= 11 is 6.24. The van der Waals surface area contributed by atoms with Crippen LogP contribution in [0.2, 0.25) is 0 Å². The Bertz CT molecular complexity index is 3260. The average molecular weight is 950 g/mol. The van der Waals surface area contributed by atoms with E-state index in [0.29, 0.717) is 16.3 Å². The fourth-order valence-electron chi connectivity index (χ4n) is 8.44. The highest BCUT2D eigenvalue weighted by molar-refractivity contribution is 7.92. The van der Waals surface area contributed by atoms with Crippen LogP contribution in [-0.2, 0) is 39.3 Å². The molecule has 0 spiro atoms. The minimum absolute atomic E-state index is 0.00172. The minimum atomic E-state index is -4.82. The van der Waals surface area contributed by atoms with Crippen LogP contribution >= 0.6 is 11.6 Å². The van der Waals surface area contributed by atoms with Gasteiger partial charge < -0.3 is 5.32 Å². The van der Waals surface area contributed by atoms with Crippen molar-refractivity contribution in [3.63, 3.8) is 0 Å². The number of aromatic nitrogens is 7. The molecule has 3 N–H and O–H groups in total. The summed E-state index contributed by atoms with van der Waals surface area (Å²) in [5.41, 5.74) is -4.42. The number of anilines is 1. The van der Waals surface area contributed by atoms with Crippen molar-refractivity contribution in [1.82, 2.24) is 39.8 Å². The van der Waals surface area contributed by atoms with Crippen LogP contribution in [0.4, 0.5) is 45.3 Å². The first-order valence-electron chi connectivity index (χ1n) is 19.3. The van der Waals surface area contributed by atoms with Gasteiger partial charge in [-0.3, -0.25) is 28.7 Å². The van der Waals surface area contributed by atoms with Gasteiger partial charge in [0.2, 0.25) is 15.9 Å². The van der Waals surface area contributed by atoms with E-state index >= 15 is 17.6 Å². The van der Waals surface area contributed by atoms with E-state index in [1.54, 1.807) is 0 Å². The SMILES string of the molecule is CS(=O)(=O)Nc1n[nH]c2c(-n3c([C@H](CNC(=O)Cn4nc(C(F)F)c5c4C(F)(F)[C@@H]4C[C@H]54)c4cc(F)cc(F)c4)nc4cc(-c5cccc(C(F)(F)F)n5)ccc4c3=O)ccc(CCl)c12. The summed E-state index contributed by atoms with van der Waals surface area (Å²) in [7, 11) is -3.95. The lowest BCUT2D eigenvalue weighted by molar-refractivity contribution is -0.141. The molecule has 4 aromatic heterocycles. The number of pyridine rings is 1. The molecule has 0 aliphatic heterocycles. The maximum absolute atomic E-state index is 15.4. The van der Waals surface area contributed by atoms with Crippen LogP contribution in [0.1, 0.15) is 64.3 Å². The Morgan fingerprint density at radius 3 is 2.45 bits per heavy atom. The van der Waals surface area contributed by atoms with Crippen molar-refractivity contribution in [2.45, 2.75) is 49.2 Å². The number of rotatable bonds is 12. The number of sulfonamides is 1. The molecular weight excluding hydrogens is 921 g/mol. The number of halogens is 10. The molecule has 0 unspecified atom stereocenters. The van der Waals surface area contributed by atoms with E-state index in [4.69, 9.17) is 16.6 Å². The van der Waals surface area contributed by atoms with E-state index in [1.165, 1.54) is 36.4 Å². The third kappa shape index (κ3) is 7.82. The van der Waals surface area contributed by atoms with Crippen molar-refractivity contribution in [2.75, 3.05) is 17.5 Å². The largest absolute Gasteiger partial charge is 0.433 e. The van der Waals surface area contributed by atoms with Gasteiger partial charge in [0.05, 0.1) is 45.4 Å². The van der Waals surface area contributed by atoms with Crippen LogP contribution in [0.25, 0.3) is 38.8 Å². The number of fused-ring (bicyclic) bond motifs is 5. The van der Waals surface area contributed by atoms with Gasteiger partial charge in [-0.1, -0.05) is 18.2 Å². The van der Waals surface area contributed by atoms with Gasteiger partial charge >= 0.3 is 6.18 Å². The summed E-state index contributed by atoms with van der Waals surface area (Å²) in [6.07, 6.45) is -7.22. The van der Waals surface area contributed by atoms with Gasteiger partial charge in [-0.2, -0.15) is 32.1 Å². The van der Waals surface area contributed by atoms with E-state index in [0.717, 1.165) is 35.1 Å². The molecule has 1 fully saturated rings. The van der Waals surface area contributed by atoms with Crippen molar-refractivity contribution in [3.8, 4) is 16.9 Å². The molecule has 1 saturated carbocycles. The zero-order chi connectivity index (χ0) is 46.5. The van der Waals surface area contributed by atoms with Gasteiger partial charge in [-0.25, -0.2) is 35.9 Å². The first-order chi connectivity index (χ1) is 30.6. The van der Waals surface area contributed by atoms with Crippen LogP contribution in [0, 0.1) is 17.6 Å². The van der Waals surface area contributed by atoms with E-state index in [9.17, 15) is 40.0 Å². The molecule has 24 heteroatoms. The molecule has 7 aromatic rings. The number of H-pyrrole nitrogens is 1. The fourth-order valence-corrected chi connectivity index (χ4v) is 9.16. The van der Waals surface area contributed by atoms with E-state index in [-0.39, 0.29) is 73.8 Å². The summed E-state index contributed by atoms with van der Waals surface area (Å²) in [5, 5.41) is 12.9. The normalized spacial score (nSPS) is 17.1. The van der Waals surface area contributed by atoms with Crippen molar-refractivity contribution >= 4 is 55.2 Å². The lowest BCUT2D eigenvalue weighted by atomic mass is 9.96. The molecule has 3 atom stereocenters. The Kier molecular flexibility index (Phi) is 10.5. The summed E-state index contributed by atoms with van der Waals surface area (Å²) in [4.78, 5) is 37.1. The number of hydrogen-bond acceptors (Lipinski definition) is 8. The molecule has 4 heterocycles. The van der Waals surface area contributed by atoms with Crippen molar-refractivity contribution < 1.29 is 52.7 Å². The van der Waals surface area contributed by atoms with Crippen LogP contribution < -0.4 is 15.6 Å². The van der Waals surface area contributed by atoms with Gasteiger partial charge in [0, 0.05) is 35.5 Å². The fraction of sp³-hybridized carbons (Fsp3) is 0.268. The Labute approximate surface area is 364 Å². The zero-order valence-corrected chi connectivity index (χ0v) is 34.6. The van der Waals surface area contributed by atoms with Gasteiger partial charge in [-0.15, -0.1) is 11.6 Å². The smallest absolute Gasteiger partial charge is 0.353 e. The number of aromatic amines is 1. The van der Waals surface area contributed by atoms with Gasteiger partial charge in [0.15, 0.2) is 5.82 Å². The van der Waals surface area contributed by atoms with E-state index in [2.05, 4.69) is 30.3 Å². The Morgan fingerprint density at radius 2 is 1.77 bits per heavy atom. The van der Waals surface area contributed by atoms with E-state index < -0.39 is 99.6 Å². The lowest BCUT2D eigenvalue weighted by Gasteiger charge is -2.23. The maximum Gasteiger partial charge on any atom is 0.433 e. The second-order valence-corrected chi connectivity index (χ2v) is 17.6. The summed E-state index contributed by atoms with van der Waals surface area (Å²) in [6.45, 7) is -1.70. The number of carbonyl (C=O) groups excluding carboxylic acids is 1. The molecule has 0 bridgehead atoms. The molecule has 338 valence electrons. The van der Waals surface area contributed by atoms with Gasteiger partial charge in [0.1, 0.15) is 41.1 Å². The van der Waals surface area contributed by atoms with Crippen molar-refractivity contribution in [1.29, 1.82) is 0 Å². The Balaban J connectivity index is 1.23. The van der Waals surface area contributed by atoms with Crippen molar-refractivity contribution in [3.05, 3.63) is 128 Å². The molecule has 0 radical (unpaired) electrons. The third-order valence-electron chi connectivity index (χ3n) is 11.2. The molecular formula is C41H29ClF9N9O4S. The van der Waals surface area contributed by atoms with Crippen LogP contribution in [0.3, 0.4) is 0 Å². The predicted molar refractivity (Wildman–Crippen MR) is 216 cm³/mol. The third-order valence-corrected chi connectivity index (χ3v) is 12.1. The molecule has 3 aromatic carbocycles. The molecule has 13 nitrogen and oxygen atoms in total. The summed E-state index contributed by atoms with van der Waals surface area (Å²) < 4.78 is 158. The molecule has 9 rings (SSSR count). The number of nitrogens with one attached hydrogen (secondary N) is 3. The summed E-state index contributed by atoms with van der Waals surface area (Å²) in [5.74, 6) is -11.3. The summed E-state index contributed by atoms with van der Waals surface area (Å²) in [6, 6.07) is 12.0. The van der Waals surface area contributed by atoms with Gasteiger partial charge in [0.25, 0.3) is 17.9 Å². The first kappa shape index (κ1) is 43.7. The van der Waals surface area contributed by atoms with Crippen molar-refractivity contribution in [2.24, 2.45) is 5.92 Å². The van der Waals surface area contributed by atoms with E-state index in [1.807, 2.05) is 0 Å². The molecule has 1 amide bonds. The number of carbonyl (C=O) groups is 1. The average Bonchev–Trinajstić information content (AvgIpc) is 3.71. The Hall–Kier alpha value is -6.49. The second-order valence-electron chi connectivity index (χ2n) is 15.6. The highest BCUT2D eigenvalue weighted by Gasteiger charge is 2.67. The number of amides is 1. The zero-order valence-electron chi connectivity index (χ0n) is 33.0. The maximum atomic E-state index is 15.4. The van der Waals surface area contributed by atoms with Crippen LogP contribution in [-0.4, -0.2) is 61.6 Å². The predicted octanol–water partition coefficient (Wildman–Crippen LogP) is 8.02. The molecule has 0 saturated heterocycles. The molecule has 2 aliphatic carbocycles. The lowest BCUT2D eigenvalue weighted by Crippen LogP contribution is -2.36. The van der Waals surface area contributed by atoms with Gasteiger partial charge in [-0.05, 0) is 65.9 Å². The molecule has 65 heavy (non-hydrogen) atoms.